The minimum atomic E-state index is -0.863. The highest BCUT2D eigenvalue weighted by molar-refractivity contribution is 5.88. The first-order chi connectivity index (χ1) is 10.1. The molecule has 0 aromatic carbocycles. The van der Waals surface area contributed by atoms with Crippen LogP contribution in [0.15, 0.2) is 18.3 Å². The fourth-order valence-electron chi connectivity index (χ4n) is 2.76. The van der Waals surface area contributed by atoms with E-state index in [1.54, 1.807) is 6.07 Å². The van der Waals surface area contributed by atoms with Crippen molar-refractivity contribution in [3.63, 3.8) is 0 Å². The molecule has 1 aromatic heterocycles. The Hall–Kier alpha value is -2.11. The van der Waals surface area contributed by atoms with Crippen LogP contribution in [0, 0.1) is 5.92 Å². The average molecular weight is 292 g/mol. The van der Waals surface area contributed by atoms with Crippen LogP contribution < -0.4 is 5.32 Å². The highest BCUT2D eigenvalue weighted by Gasteiger charge is 2.29. The van der Waals surface area contributed by atoms with Crippen molar-refractivity contribution in [2.45, 2.75) is 38.1 Å². The lowest BCUT2D eigenvalue weighted by Crippen LogP contribution is -2.38. The zero-order chi connectivity index (χ0) is 15.2. The molecule has 114 valence electrons. The maximum absolute atomic E-state index is 11.5. The van der Waals surface area contributed by atoms with Gasteiger partial charge in [-0.1, -0.05) is 19.3 Å². The van der Waals surface area contributed by atoms with Crippen molar-refractivity contribution in [3.8, 4) is 0 Å². The van der Waals surface area contributed by atoms with Crippen molar-refractivity contribution in [1.29, 1.82) is 0 Å². The zero-order valence-corrected chi connectivity index (χ0v) is 12.0. The largest absolute Gasteiger partial charge is 0.480 e. The van der Waals surface area contributed by atoms with E-state index < -0.39 is 18.0 Å². The van der Waals surface area contributed by atoms with Gasteiger partial charge >= 0.3 is 11.9 Å². The number of methoxy groups -OCH3 is 1. The predicted octanol–water partition coefficient (Wildman–Crippen LogP) is 2.31. The van der Waals surface area contributed by atoms with E-state index in [2.05, 4.69) is 15.0 Å². The van der Waals surface area contributed by atoms with Gasteiger partial charge in [-0.15, -0.1) is 0 Å². The smallest absolute Gasteiger partial charge is 0.356 e. The van der Waals surface area contributed by atoms with E-state index in [1.165, 1.54) is 25.8 Å². The Morgan fingerprint density at radius 2 is 2.10 bits per heavy atom. The molecule has 2 rings (SSSR count). The van der Waals surface area contributed by atoms with Crippen molar-refractivity contribution < 1.29 is 19.4 Å². The van der Waals surface area contributed by atoms with E-state index in [1.807, 2.05) is 0 Å². The second kappa shape index (κ2) is 7.06. The second-order valence-electron chi connectivity index (χ2n) is 5.28. The van der Waals surface area contributed by atoms with Gasteiger partial charge in [0, 0.05) is 11.9 Å². The van der Waals surface area contributed by atoms with Crippen LogP contribution in [-0.4, -0.2) is 35.2 Å². The summed E-state index contributed by atoms with van der Waals surface area (Å²) in [6, 6.07) is 2.54. The number of hydrogen-bond acceptors (Lipinski definition) is 5. The number of anilines is 1. The molecule has 0 bridgehead atoms. The lowest BCUT2D eigenvalue weighted by molar-refractivity contribution is -0.139. The molecule has 0 saturated heterocycles. The van der Waals surface area contributed by atoms with Crippen LogP contribution in [-0.2, 0) is 9.53 Å². The minimum absolute atomic E-state index is 0.117. The van der Waals surface area contributed by atoms with Crippen molar-refractivity contribution in [1.82, 2.24) is 4.98 Å². The molecule has 0 radical (unpaired) electrons. The molecule has 1 saturated carbocycles. The second-order valence-corrected chi connectivity index (χ2v) is 5.28. The topological polar surface area (TPSA) is 88.5 Å². The highest BCUT2D eigenvalue weighted by atomic mass is 16.5. The molecule has 0 amide bonds. The number of pyridine rings is 1. The summed E-state index contributed by atoms with van der Waals surface area (Å²) in [5.74, 6) is -1.28. The fourth-order valence-corrected chi connectivity index (χ4v) is 2.76. The van der Waals surface area contributed by atoms with Crippen LogP contribution in [0.1, 0.15) is 42.6 Å². The number of ether oxygens (including phenoxy) is 1. The quantitative estimate of drug-likeness (QED) is 0.810. The van der Waals surface area contributed by atoms with Gasteiger partial charge in [0.1, 0.15) is 11.7 Å². The molecule has 1 fully saturated rings. The summed E-state index contributed by atoms with van der Waals surface area (Å²) in [7, 11) is 1.28. The maximum Gasteiger partial charge on any atom is 0.356 e. The van der Waals surface area contributed by atoms with Gasteiger partial charge in [0.15, 0.2) is 0 Å². The summed E-state index contributed by atoms with van der Waals surface area (Å²) < 4.78 is 4.61. The molecule has 0 spiro atoms. The Labute approximate surface area is 123 Å². The van der Waals surface area contributed by atoms with Gasteiger partial charge in [-0.25, -0.2) is 14.6 Å². The van der Waals surface area contributed by atoms with E-state index in [-0.39, 0.29) is 11.6 Å². The summed E-state index contributed by atoms with van der Waals surface area (Å²) in [6.07, 6.45) is 6.61. The number of nitrogens with zero attached hydrogens (tertiary/aromatic N) is 1. The number of carboxylic acids is 1. The van der Waals surface area contributed by atoms with E-state index in [9.17, 15) is 14.7 Å². The molecule has 0 aliphatic heterocycles. The molecular formula is C15H20N2O4. The Bertz CT molecular complexity index is 512. The number of aromatic nitrogens is 1. The van der Waals surface area contributed by atoms with Gasteiger partial charge in [0.25, 0.3) is 0 Å². The summed E-state index contributed by atoms with van der Waals surface area (Å²) in [6.45, 7) is 0. The summed E-state index contributed by atoms with van der Waals surface area (Å²) in [4.78, 5) is 26.9. The molecule has 1 unspecified atom stereocenters. The van der Waals surface area contributed by atoms with Crippen LogP contribution in [0.2, 0.25) is 0 Å². The summed E-state index contributed by atoms with van der Waals surface area (Å²) in [5.41, 5.74) is 0.735. The zero-order valence-electron chi connectivity index (χ0n) is 12.0. The lowest BCUT2D eigenvalue weighted by Gasteiger charge is -2.28. The minimum Gasteiger partial charge on any atom is -0.480 e. The number of hydrogen-bond donors (Lipinski definition) is 2. The Morgan fingerprint density at radius 3 is 2.71 bits per heavy atom. The first-order valence-corrected chi connectivity index (χ1v) is 7.15. The SMILES string of the molecule is COC(=O)c1cc(NC(C(=O)O)C2CCCCC2)ccn1. The Kier molecular flexibility index (Phi) is 5.14. The van der Waals surface area contributed by atoms with Gasteiger partial charge < -0.3 is 15.2 Å². The maximum atomic E-state index is 11.5. The van der Waals surface area contributed by atoms with Crippen LogP contribution in [0.5, 0.6) is 0 Å². The van der Waals surface area contributed by atoms with Gasteiger partial charge in [0.2, 0.25) is 0 Å². The number of carboxylic acid groups (broad SMARTS) is 1. The Balaban J connectivity index is 2.13. The molecule has 1 heterocycles. The van der Waals surface area contributed by atoms with Gasteiger partial charge in [0.05, 0.1) is 7.11 Å². The molecule has 1 aromatic rings. The van der Waals surface area contributed by atoms with Crippen molar-refractivity contribution >= 4 is 17.6 Å². The fraction of sp³-hybridized carbons (Fsp3) is 0.533. The molecule has 6 nitrogen and oxygen atoms in total. The molecular weight excluding hydrogens is 272 g/mol. The third-order valence-corrected chi connectivity index (χ3v) is 3.86. The summed E-state index contributed by atoms with van der Waals surface area (Å²) >= 11 is 0. The van der Waals surface area contributed by atoms with E-state index >= 15 is 0 Å². The first-order valence-electron chi connectivity index (χ1n) is 7.15. The normalized spacial score (nSPS) is 17.0. The van der Waals surface area contributed by atoms with Gasteiger partial charge in [-0.2, -0.15) is 0 Å². The van der Waals surface area contributed by atoms with Crippen LogP contribution in [0.3, 0.4) is 0 Å². The van der Waals surface area contributed by atoms with Gasteiger partial charge in [-0.3, -0.25) is 0 Å². The molecule has 21 heavy (non-hydrogen) atoms. The molecule has 1 aliphatic rings. The van der Waals surface area contributed by atoms with Crippen molar-refractivity contribution in [3.05, 3.63) is 24.0 Å². The first kappa shape index (κ1) is 15.3. The third-order valence-electron chi connectivity index (χ3n) is 3.86. The highest BCUT2D eigenvalue weighted by Crippen LogP contribution is 2.28. The molecule has 6 heteroatoms. The number of aliphatic carboxylic acids is 1. The number of nitrogens with one attached hydrogen (secondary N) is 1. The average Bonchev–Trinajstić information content (AvgIpc) is 2.52. The number of rotatable bonds is 5. The van der Waals surface area contributed by atoms with Gasteiger partial charge in [-0.05, 0) is 30.9 Å². The molecule has 2 N–H and O–H groups in total. The Morgan fingerprint density at radius 1 is 1.38 bits per heavy atom. The van der Waals surface area contributed by atoms with Crippen LogP contribution in [0.4, 0.5) is 5.69 Å². The van der Waals surface area contributed by atoms with Crippen molar-refractivity contribution in [2.24, 2.45) is 5.92 Å². The van der Waals surface area contributed by atoms with E-state index in [0.717, 1.165) is 25.7 Å². The van der Waals surface area contributed by atoms with Crippen LogP contribution >= 0.6 is 0 Å². The van der Waals surface area contributed by atoms with Crippen LogP contribution in [0.25, 0.3) is 0 Å². The van der Waals surface area contributed by atoms with E-state index in [4.69, 9.17) is 0 Å². The van der Waals surface area contributed by atoms with E-state index in [0.29, 0.717) is 5.69 Å². The summed E-state index contributed by atoms with van der Waals surface area (Å²) in [5, 5.41) is 12.5. The van der Waals surface area contributed by atoms with Crippen molar-refractivity contribution in [2.75, 3.05) is 12.4 Å². The molecule has 1 atom stereocenters. The predicted molar refractivity (Wildman–Crippen MR) is 77.2 cm³/mol. The number of carbonyl (C=O) groups excluding carboxylic acids is 1. The lowest BCUT2D eigenvalue weighted by atomic mass is 9.84. The standard InChI is InChI=1S/C15H20N2O4/c1-21-15(20)12-9-11(7-8-16-12)17-13(14(18)19)10-5-3-2-4-6-10/h7-10,13H,2-6H2,1H3,(H,16,17)(H,18,19). The third kappa shape index (κ3) is 3.93. The number of carbonyl (C=O) groups is 2. The number of esters is 1. The molecule has 1 aliphatic carbocycles. The monoisotopic (exact) mass is 292 g/mol.